The number of anilines is 2. The van der Waals surface area contributed by atoms with Crippen molar-refractivity contribution in [3.05, 3.63) is 63.5 Å². The van der Waals surface area contributed by atoms with Crippen LogP contribution in [0.2, 0.25) is 0 Å². The summed E-state index contributed by atoms with van der Waals surface area (Å²) in [5, 5.41) is 13.9. The van der Waals surface area contributed by atoms with Gasteiger partial charge in [0.05, 0.1) is 23.7 Å². The van der Waals surface area contributed by atoms with Crippen LogP contribution >= 0.6 is 0 Å². The number of benzene rings is 2. The lowest BCUT2D eigenvalue weighted by Gasteiger charge is -2.28. The molecule has 2 aromatic carbocycles. The van der Waals surface area contributed by atoms with Crippen LogP contribution in [0.15, 0.2) is 36.4 Å². The second-order valence-corrected chi connectivity index (χ2v) is 6.65. The molecule has 158 valence electrons. The number of rotatable bonds is 6. The van der Waals surface area contributed by atoms with Crippen LogP contribution < -0.4 is 10.2 Å². The number of ether oxygens (including phenoxy) is 2. The van der Waals surface area contributed by atoms with Crippen LogP contribution in [-0.2, 0) is 14.3 Å². The summed E-state index contributed by atoms with van der Waals surface area (Å²) in [7, 11) is 0. The predicted molar refractivity (Wildman–Crippen MR) is 106 cm³/mol. The molecule has 1 aliphatic heterocycles. The first-order valence-electron chi connectivity index (χ1n) is 9.19. The SMILES string of the molecule is Cc1ccc(NC(=O)COC(=O)c2ccc(N3CCOCC3)c([N+](=O)[O-])c2)cc1F. The van der Waals surface area contributed by atoms with Gasteiger partial charge >= 0.3 is 5.97 Å². The Morgan fingerprint density at radius 2 is 1.97 bits per heavy atom. The number of nitrogens with one attached hydrogen (secondary N) is 1. The van der Waals surface area contributed by atoms with Gasteiger partial charge in [0.1, 0.15) is 11.5 Å². The Balaban J connectivity index is 1.64. The number of carbonyl (C=O) groups excluding carboxylic acids is 2. The molecular formula is C20H20FN3O6. The summed E-state index contributed by atoms with van der Waals surface area (Å²) in [6, 6.07) is 8.20. The third-order valence-electron chi connectivity index (χ3n) is 4.55. The Labute approximate surface area is 171 Å². The average molecular weight is 417 g/mol. The number of aryl methyl sites for hydroxylation is 1. The summed E-state index contributed by atoms with van der Waals surface area (Å²) in [6.07, 6.45) is 0. The van der Waals surface area contributed by atoms with E-state index >= 15 is 0 Å². The zero-order valence-electron chi connectivity index (χ0n) is 16.2. The highest BCUT2D eigenvalue weighted by Crippen LogP contribution is 2.30. The van der Waals surface area contributed by atoms with Crippen molar-refractivity contribution >= 4 is 28.9 Å². The summed E-state index contributed by atoms with van der Waals surface area (Å²) in [4.78, 5) is 36.9. The minimum atomic E-state index is -0.878. The summed E-state index contributed by atoms with van der Waals surface area (Å²) >= 11 is 0. The molecule has 0 atom stereocenters. The van der Waals surface area contributed by atoms with Gasteiger partial charge in [-0.25, -0.2) is 9.18 Å². The zero-order valence-corrected chi connectivity index (χ0v) is 16.2. The summed E-state index contributed by atoms with van der Waals surface area (Å²) in [5.74, 6) is -2.01. The second kappa shape index (κ2) is 9.31. The van der Waals surface area contributed by atoms with Crippen LogP contribution in [-0.4, -0.2) is 49.7 Å². The molecule has 1 saturated heterocycles. The molecule has 0 aliphatic carbocycles. The van der Waals surface area contributed by atoms with E-state index < -0.39 is 29.2 Å². The number of esters is 1. The van der Waals surface area contributed by atoms with Crippen molar-refractivity contribution in [2.24, 2.45) is 0 Å². The molecule has 3 rings (SSSR count). The van der Waals surface area contributed by atoms with Gasteiger partial charge in [0.15, 0.2) is 6.61 Å². The van der Waals surface area contributed by atoms with E-state index in [2.05, 4.69) is 5.32 Å². The topological polar surface area (TPSA) is 111 Å². The molecule has 0 bridgehead atoms. The fraction of sp³-hybridized carbons (Fsp3) is 0.300. The van der Waals surface area contributed by atoms with E-state index in [4.69, 9.17) is 9.47 Å². The van der Waals surface area contributed by atoms with E-state index in [9.17, 15) is 24.1 Å². The highest BCUT2D eigenvalue weighted by molar-refractivity contribution is 5.96. The second-order valence-electron chi connectivity index (χ2n) is 6.65. The van der Waals surface area contributed by atoms with E-state index in [1.165, 1.54) is 24.3 Å². The summed E-state index contributed by atoms with van der Waals surface area (Å²) in [5.41, 5.74) is 0.768. The first kappa shape index (κ1) is 21.2. The van der Waals surface area contributed by atoms with Gasteiger partial charge in [-0.1, -0.05) is 6.07 Å². The number of morpholine rings is 1. The van der Waals surface area contributed by atoms with E-state index in [0.717, 1.165) is 12.1 Å². The maximum atomic E-state index is 13.5. The van der Waals surface area contributed by atoms with E-state index in [1.54, 1.807) is 6.92 Å². The van der Waals surface area contributed by atoms with Gasteiger partial charge in [-0.15, -0.1) is 0 Å². The number of nitrogens with zero attached hydrogens (tertiary/aromatic N) is 2. The molecule has 0 aromatic heterocycles. The fourth-order valence-electron chi connectivity index (χ4n) is 2.95. The van der Waals surface area contributed by atoms with Crippen LogP contribution in [0.4, 0.5) is 21.5 Å². The largest absolute Gasteiger partial charge is 0.452 e. The number of carbonyl (C=O) groups is 2. The molecule has 1 amide bonds. The van der Waals surface area contributed by atoms with Gasteiger partial charge < -0.3 is 19.7 Å². The Kier molecular flexibility index (Phi) is 6.58. The molecule has 0 saturated carbocycles. The van der Waals surface area contributed by atoms with Crippen molar-refractivity contribution in [2.45, 2.75) is 6.92 Å². The molecule has 10 heteroatoms. The van der Waals surface area contributed by atoms with Crippen molar-refractivity contribution in [1.82, 2.24) is 0 Å². The smallest absolute Gasteiger partial charge is 0.338 e. The van der Waals surface area contributed by atoms with Gasteiger partial charge in [-0.2, -0.15) is 0 Å². The Morgan fingerprint density at radius 1 is 1.23 bits per heavy atom. The first-order valence-corrected chi connectivity index (χ1v) is 9.19. The van der Waals surface area contributed by atoms with Crippen LogP contribution in [0.1, 0.15) is 15.9 Å². The summed E-state index contributed by atoms with van der Waals surface area (Å²) in [6.45, 7) is 2.90. The van der Waals surface area contributed by atoms with E-state index in [-0.39, 0.29) is 16.9 Å². The Hall–Kier alpha value is -3.53. The molecule has 1 fully saturated rings. The fourth-order valence-corrected chi connectivity index (χ4v) is 2.95. The average Bonchev–Trinajstić information content (AvgIpc) is 2.74. The molecule has 30 heavy (non-hydrogen) atoms. The van der Waals surface area contributed by atoms with Crippen molar-refractivity contribution in [2.75, 3.05) is 43.1 Å². The van der Waals surface area contributed by atoms with Crippen molar-refractivity contribution in [3.8, 4) is 0 Å². The van der Waals surface area contributed by atoms with Crippen molar-refractivity contribution < 1.29 is 28.4 Å². The standard InChI is InChI=1S/C20H20FN3O6/c1-13-2-4-15(11-16(13)21)22-19(25)12-30-20(26)14-3-5-17(18(10-14)24(27)28)23-6-8-29-9-7-23/h2-5,10-11H,6-9,12H2,1H3,(H,22,25). The Bertz CT molecular complexity index is 975. The van der Waals surface area contributed by atoms with Crippen LogP contribution in [0.3, 0.4) is 0 Å². The third-order valence-corrected chi connectivity index (χ3v) is 4.55. The highest BCUT2D eigenvalue weighted by atomic mass is 19.1. The number of hydrogen-bond acceptors (Lipinski definition) is 7. The minimum absolute atomic E-state index is 0.0483. The van der Waals surface area contributed by atoms with Crippen LogP contribution in [0, 0.1) is 22.9 Å². The molecule has 1 N–H and O–H groups in total. The minimum Gasteiger partial charge on any atom is -0.452 e. The maximum Gasteiger partial charge on any atom is 0.338 e. The lowest BCUT2D eigenvalue weighted by molar-refractivity contribution is -0.384. The molecule has 0 spiro atoms. The molecule has 0 unspecified atom stereocenters. The van der Waals surface area contributed by atoms with Gasteiger partial charge in [0, 0.05) is 24.8 Å². The van der Waals surface area contributed by atoms with Gasteiger partial charge in [-0.3, -0.25) is 14.9 Å². The van der Waals surface area contributed by atoms with Gasteiger partial charge in [0.2, 0.25) is 0 Å². The number of amides is 1. The van der Waals surface area contributed by atoms with Crippen LogP contribution in [0.5, 0.6) is 0 Å². The van der Waals surface area contributed by atoms with Crippen LogP contribution in [0.25, 0.3) is 0 Å². The van der Waals surface area contributed by atoms with Gasteiger partial charge in [-0.05, 0) is 36.8 Å². The maximum absolute atomic E-state index is 13.5. The number of nitro benzene ring substituents is 1. The zero-order chi connectivity index (χ0) is 21.7. The predicted octanol–water partition coefficient (Wildman–Crippen LogP) is 2.67. The quantitative estimate of drug-likeness (QED) is 0.437. The number of halogens is 1. The monoisotopic (exact) mass is 417 g/mol. The molecule has 1 aliphatic rings. The van der Waals surface area contributed by atoms with Crippen molar-refractivity contribution in [3.63, 3.8) is 0 Å². The summed E-state index contributed by atoms with van der Waals surface area (Å²) < 4.78 is 23.7. The number of nitro groups is 1. The highest BCUT2D eigenvalue weighted by Gasteiger charge is 2.24. The van der Waals surface area contributed by atoms with E-state index in [1.807, 2.05) is 4.90 Å². The number of hydrogen-bond donors (Lipinski definition) is 1. The Morgan fingerprint density at radius 3 is 2.63 bits per heavy atom. The third kappa shape index (κ3) is 5.09. The molecule has 1 heterocycles. The van der Waals surface area contributed by atoms with E-state index in [0.29, 0.717) is 37.6 Å². The van der Waals surface area contributed by atoms with Crippen molar-refractivity contribution in [1.29, 1.82) is 0 Å². The lowest BCUT2D eigenvalue weighted by atomic mass is 10.1. The molecule has 9 nitrogen and oxygen atoms in total. The normalized spacial score (nSPS) is 13.6. The lowest BCUT2D eigenvalue weighted by Crippen LogP contribution is -2.36. The molecule has 2 aromatic rings. The molecular weight excluding hydrogens is 397 g/mol. The first-order chi connectivity index (χ1) is 14.3. The van der Waals surface area contributed by atoms with Gasteiger partial charge in [0.25, 0.3) is 11.6 Å². The molecule has 0 radical (unpaired) electrons.